The molecule has 2 heteroatoms. The molecular formula is C11H14N2. The van der Waals surface area contributed by atoms with Crippen LogP contribution in [0, 0.1) is 0 Å². The van der Waals surface area contributed by atoms with Crippen LogP contribution in [0.3, 0.4) is 0 Å². The van der Waals surface area contributed by atoms with E-state index in [1.54, 1.807) is 0 Å². The monoisotopic (exact) mass is 174 g/mol. The lowest BCUT2D eigenvalue weighted by molar-refractivity contribution is 0.638. The average Bonchev–Trinajstić information content (AvgIpc) is 2.59. The second kappa shape index (κ2) is 3.23. The van der Waals surface area contributed by atoms with Crippen LogP contribution in [0.2, 0.25) is 0 Å². The van der Waals surface area contributed by atoms with Crippen molar-refractivity contribution in [3.63, 3.8) is 0 Å². The summed E-state index contributed by atoms with van der Waals surface area (Å²) in [5, 5.41) is 4.49. The van der Waals surface area contributed by atoms with Crippen molar-refractivity contribution in [1.82, 2.24) is 10.3 Å². The average molecular weight is 174 g/mol. The lowest BCUT2D eigenvalue weighted by Gasteiger charge is -2.05. The topological polar surface area (TPSA) is 27.8 Å². The number of nitrogens with one attached hydrogen (secondary N) is 2. The number of H-pyrrole nitrogens is 1. The van der Waals surface area contributed by atoms with Gasteiger partial charge < -0.3 is 10.3 Å². The van der Waals surface area contributed by atoms with Gasteiger partial charge in [-0.05, 0) is 31.5 Å². The molecule has 0 aliphatic carbocycles. The Kier molecular flexibility index (Phi) is 2.07. The molecule has 1 atom stereocenters. The molecule has 2 nitrogen and oxygen atoms in total. The summed E-state index contributed by atoms with van der Waals surface area (Å²) in [4.78, 5) is 3.38. The number of aromatic amines is 1. The first kappa shape index (κ1) is 8.32. The maximum Gasteiger partial charge on any atom is 0.0456 e. The summed E-state index contributed by atoms with van der Waals surface area (Å²) < 4.78 is 0. The van der Waals surface area contributed by atoms with Crippen LogP contribution in [0.5, 0.6) is 0 Å². The van der Waals surface area contributed by atoms with Gasteiger partial charge in [0.2, 0.25) is 0 Å². The van der Waals surface area contributed by atoms with Crippen molar-refractivity contribution in [1.29, 1.82) is 0 Å². The van der Waals surface area contributed by atoms with Crippen molar-refractivity contribution in [3.05, 3.63) is 36.0 Å². The second-order valence-corrected chi connectivity index (χ2v) is 3.32. The first-order chi connectivity index (χ1) is 6.31. The molecule has 0 amide bonds. The maximum absolute atomic E-state index is 3.38. The highest BCUT2D eigenvalue weighted by Gasteiger charge is 2.05. The van der Waals surface area contributed by atoms with E-state index in [-0.39, 0.29) is 0 Å². The molecule has 0 saturated heterocycles. The molecule has 0 unspecified atom stereocenters. The van der Waals surface area contributed by atoms with E-state index in [0.29, 0.717) is 6.04 Å². The molecule has 0 aliphatic rings. The third-order valence-electron chi connectivity index (χ3n) is 2.45. The lowest BCUT2D eigenvalue weighted by atomic mass is 10.2. The van der Waals surface area contributed by atoms with Crippen LogP contribution in [-0.2, 0) is 0 Å². The summed E-state index contributed by atoms with van der Waals surface area (Å²) in [7, 11) is 1.97. The first-order valence-electron chi connectivity index (χ1n) is 4.56. The molecule has 0 radical (unpaired) electrons. The summed E-state index contributed by atoms with van der Waals surface area (Å²) in [6.45, 7) is 2.14. The van der Waals surface area contributed by atoms with Gasteiger partial charge in [0.05, 0.1) is 0 Å². The minimum atomic E-state index is 0.382. The van der Waals surface area contributed by atoms with E-state index in [1.807, 2.05) is 13.1 Å². The van der Waals surface area contributed by atoms with Gasteiger partial charge in [-0.3, -0.25) is 0 Å². The van der Waals surface area contributed by atoms with Crippen molar-refractivity contribution in [2.75, 3.05) is 7.05 Å². The first-order valence-corrected chi connectivity index (χ1v) is 4.56. The maximum atomic E-state index is 3.38. The Morgan fingerprint density at radius 1 is 1.31 bits per heavy atom. The van der Waals surface area contributed by atoms with Crippen LogP contribution in [0.25, 0.3) is 10.9 Å². The van der Waals surface area contributed by atoms with E-state index in [0.717, 1.165) is 0 Å². The highest BCUT2D eigenvalue weighted by atomic mass is 14.9. The normalized spacial score (nSPS) is 13.4. The van der Waals surface area contributed by atoms with Crippen LogP contribution in [-0.4, -0.2) is 12.0 Å². The molecule has 2 rings (SSSR count). The number of fused-ring (bicyclic) bond motifs is 1. The Hall–Kier alpha value is -1.28. The van der Waals surface area contributed by atoms with E-state index in [4.69, 9.17) is 0 Å². The summed E-state index contributed by atoms with van der Waals surface area (Å²) in [6, 6.07) is 10.9. The highest BCUT2D eigenvalue weighted by molar-refractivity contribution is 5.80. The number of aromatic nitrogens is 1. The number of para-hydroxylation sites is 1. The molecule has 2 aromatic rings. The fraction of sp³-hybridized carbons (Fsp3) is 0.273. The van der Waals surface area contributed by atoms with Gasteiger partial charge in [-0.2, -0.15) is 0 Å². The Balaban J connectivity index is 2.49. The summed E-state index contributed by atoms with van der Waals surface area (Å²) in [5.74, 6) is 0. The molecule has 1 aromatic carbocycles. The van der Waals surface area contributed by atoms with Gasteiger partial charge in [0.1, 0.15) is 0 Å². The summed E-state index contributed by atoms with van der Waals surface area (Å²) in [6.07, 6.45) is 0. The molecule has 1 heterocycles. The van der Waals surface area contributed by atoms with E-state index in [2.05, 4.69) is 41.5 Å². The predicted molar refractivity (Wildman–Crippen MR) is 55.8 cm³/mol. The fourth-order valence-corrected chi connectivity index (χ4v) is 1.48. The van der Waals surface area contributed by atoms with E-state index in [1.165, 1.54) is 16.6 Å². The third-order valence-corrected chi connectivity index (χ3v) is 2.45. The van der Waals surface area contributed by atoms with Gasteiger partial charge in [0, 0.05) is 17.3 Å². The number of benzene rings is 1. The Bertz CT molecular complexity index is 370. The quantitative estimate of drug-likeness (QED) is 0.719. The zero-order chi connectivity index (χ0) is 9.26. The second-order valence-electron chi connectivity index (χ2n) is 3.32. The van der Waals surface area contributed by atoms with E-state index in [9.17, 15) is 0 Å². The van der Waals surface area contributed by atoms with Gasteiger partial charge in [-0.25, -0.2) is 0 Å². The Morgan fingerprint density at radius 3 is 2.77 bits per heavy atom. The van der Waals surface area contributed by atoms with Crippen LogP contribution >= 0.6 is 0 Å². The van der Waals surface area contributed by atoms with Gasteiger partial charge >= 0.3 is 0 Å². The van der Waals surface area contributed by atoms with Crippen molar-refractivity contribution in [2.45, 2.75) is 13.0 Å². The lowest BCUT2D eigenvalue weighted by Crippen LogP contribution is -2.12. The SMILES string of the molecule is CN[C@@H](C)c1cc2ccccc2[nH]1. The molecule has 0 aliphatic heterocycles. The van der Waals surface area contributed by atoms with Gasteiger partial charge in [0.15, 0.2) is 0 Å². The highest BCUT2D eigenvalue weighted by Crippen LogP contribution is 2.18. The third kappa shape index (κ3) is 1.45. The molecule has 0 fully saturated rings. The molecule has 13 heavy (non-hydrogen) atoms. The fourth-order valence-electron chi connectivity index (χ4n) is 1.48. The van der Waals surface area contributed by atoms with Crippen molar-refractivity contribution in [2.24, 2.45) is 0 Å². The predicted octanol–water partition coefficient (Wildman–Crippen LogP) is 2.45. The number of hydrogen-bond donors (Lipinski definition) is 2. The van der Waals surface area contributed by atoms with E-state index >= 15 is 0 Å². The zero-order valence-corrected chi connectivity index (χ0v) is 7.96. The molecule has 0 saturated carbocycles. The molecule has 1 aromatic heterocycles. The van der Waals surface area contributed by atoms with Crippen LogP contribution in [0.15, 0.2) is 30.3 Å². The van der Waals surface area contributed by atoms with Gasteiger partial charge in [0.25, 0.3) is 0 Å². The van der Waals surface area contributed by atoms with Crippen LogP contribution < -0.4 is 5.32 Å². The summed E-state index contributed by atoms with van der Waals surface area (Å²) in [5.41, 5.74) is 2.45. The molecule has 2 N–H and O–H groups in total. The van der Waals surface area contributed by atoms with Crippen molar-refractivity contribution >= 4 is 10.9 Å². The minimum absolute atomic E-state index is 0.382. The molecule has 0 spiro atoms. The number of hydrogen-bond acceptors (Lipinski definition) is 1. The van der Waals surface area contributed by atoms with Crippen molar-refractivity contribution < 1.29 is 0 Å². The molecule has 68 valence electrons. The van der Waals surface area contributed by atoms with E-state index < -0.39 is 0 Å². The summed E-state index contributed by atoms with van der Waals surface area (Å²) >= 11 is 0. The van der Waals surface area contributed by atoms with Crippen LogP contribution in [0.1, 0.15) is 18.7 Å². The number of rotatable bonds is 2. The van der Waals surface area contributed by atoms with Gasteiger partial charge in [-0.15, -0.1) is 0 Å². The Labute approximate surface area is 78.0 Å². The molecule has 0 bridgehead atoms. The zero-order valence-electron chi connectivity index (χ0n) is 7.96. The molecular weight excluding hydrogens is 160 g/mol. The standard InChI is InChI=1S/C11H14N2/c1-8(12-2)11-7-9-5-3-4-6-10(9)13-11/h3-8,12-13H,1-2H3/t8-/m0/s1. The Morgan fingerprint density at radius 2 is 2.08 bits per heavy atom. The smallest absolute Gasteiger partial charge is 0.0456 e. The van der Waals surface area contributed by atoms with Gasteiger partial charge in [-0.1, -0.05) is 18.2 Å². The largest absolute Gasteiger partial charge is 0.357 e. The van der Waals surface area contributed by atoms with Crippen molar-refractivity contribution in [3.8, 4) is 0 Å². The minimum Gasteiger partial charge on any atom is -0.357 e. The van der Waals surface area contributed by atoms with Crippen LogP contribution in [0.4, 0.5) is 0 Å².